The quantitative estimate of drug-likeness (QED) is 0.742. The topological polar surface area (TPSA) is 69.7 Å². The molecule has 0 atom stereocenters. The van der Waals surface area contributed by atoms with Crippen LogP contribution in [0, 0.1) is 0 Å². The average Bonchev–Trinajstić information content (AvgIpc) is 2.66. The molecule has 2 amide bonds. The first-order chi connectivity index (χ1) is 12.9. The molecule has 27 heavy (non-hydrogen) atoms. The zero-order valence-electron chi connectivity index (χ0n) is 14.4. The van der Waals surface area contributed by atoms with E-state index in [2.05, 4.69) is 21.2 Å². The third-order valence-electron chi connectivity index (χ3n) is 4.31. The normalized spacial score (nSPS) is 15.6. The molecule has 1 saturated heterocycles. The Bertz CT molecular complexity index is 914. The van der Waals surface area contributed by atoms with Crippen LogP contribution >= 0.6 is 27.5 Å². The number of carbonyl (C=O) groups is 1. The number of nitrogens with zero attached hydrogens (tertiary/aromatic N) is 2. The largest absolute Gasteiger partial charge is 0.334 e. The van der Waals surface area contributed by atoms with Crippen molar-refractivity contribution >= 4 is 43.6 Å². The summed E-state index contributed by atoms with van der Waals surface area (Å²) in [5.74, 6) is 0. The van der Waals surface area contributed by atoms with Crippen LogP contribution in [0.3, 0.4) is 0 Å². The van der Waals surface area contributed by atoms with Gasteiger partial charge in [0.1, 0.15) is 0 Å². The molecule has 1 fully saturated rings. The van der Waals surface area contributed by atoms with Crippen molar-refractivity contribution in [3.05, 3.63) is 63.6 Å². The molecule has 0 saturated carbocycles. The minimum atomic E-state index is -3.58. The summed E-state index contributed by atoms with van der Waals surface area (Å²) in [7, 11) is -3.58. The molecule has 2 aromatic carbocycles. The summed E-state index contributed by atoms with van der Waals surface area (Å²) in [6.45, 7) is 1.63. The van der Waals surface area contributed by atoms with Crippen molar-refractivity contribution in [3.8, 4) is 0 Å². The third-order valence-corrected chi connectivity index (χ3v) is 6.97. The number of hydrogen-bond acceptors (Lipinski definition) is 3. The number of nitrogens with one attached hydrogen (secondary N) is 1. The molecule has 0 unspecified atom stereocenters. The van der Waals surface area contributed by atoms with Gasteiger partial charge in [-0.05, 0) is 42.0 Å². The summed E-state index contributed by atoms with van der Waals surface area (Å²) in [5.41, 5.74) is 0.988. The second-order valence-corrected chi connectivity index (χ2v) is 9.42. The van der Waals surface area contributed by atoms with Crippen LogP contribution in [0.4, 0.5) is 4.79 Å². The molecular formula is C18H19BrClN3O3S. The van der Waals surface area contributed by atoms with Crippen LogP contribution in [-0.4, -0.2) is 49.8 Å². The Hall–Kier alpha value is -1.61. The predicted octanol–water partition coefficient (Wildman–Crippen LogP) is 3.32. The second kappa shape index (κ2) is 8.60. The molecule has 1 aliphatic heterocycles. The minimum Gasteiger partial charge on any atom is -0.334 e. The Kier molecular flexibility index (Phi) is 6.41. The predicted molar refractivity (Wildman–Crippen MR) is 108 cm³/mol. The summed E-state index contributed by atoms with van der Waals surface area (Å²) in [4.78, 5) is 14.2. The number of benzene rings is 2. The molecule has 6 nitrogen and oxygen atoms in total. The van der Waals surface area contributed by atoms with Gasteiger partial charge in [0.05, 0.1) is 4.90 Å². The molecular weight excluding hydrogens is 454 g/mol. The van der Waals surface area contributed by atoms with Gasteiger partial charge in [-0.15, -0.1) is 0 Å². The third kappa shape index (κ3) is 5.01. The number of piperazine rings is 1. The Balaban J connectivity index is 1.55. The van der Waals surface area contributed by atoms with Crippen molar-refractivity contribution in [1.29, 1.82) is 0 Å². The van der Waals surface area contributed by atoms with E-state index < -0.39 is 10.0 Å². The van der Waals surface area contributed by atoms with E-state index in [1.54, 1.807) is 17.0 Å². The van der Waals surface area contributed by atoms with E-state index in [4.69, 9.17) is 11.6 Å². The Morgan fingerprint density at radius 3 is 2.37 bits per heavy atom. The molecule has 0 aliphatic carbocycles. The maximum atomic E-state index is 12.7. The van der Waals surface area contributed by atoms with Gasteiger partial charge in [0.25, 0.3) is 0 Å². The molecule has 144 valence electrons. The zero-order chi connectivity index (χ0) is 19.4. The van der Waals surface area contributed by atoms with Crippen LogP contribution in [0.1, 0.15) is 5.56 Å². The van der Waals surface area contributed by atoms with E-state index in [1.807, 2.05) is 24.3 Å². The molecule has 1 aliphatic rings. The molecule has 0 spiro atoms. The van der Waals surface area contributed by atoms with Gasteiger partial charge in [-0.3, -0.25) is 0 Å². The van der Waals surface area contributed by atoms with Crippen molar-refractivity contribution in [2.45, 2.75) is 11.4 Å². The summed E-state index contributed by atoms with van der Waals surface area (Å²) < 4.78 is 27.7. The molecule has 3 rings (SSSR count). The van der Waals surface area contributed by atoms with E-state index in [0.29, 0.717) is 24.7 Å². The van der Waals surface area contributed by atoms with Crippen LogP contribution < -0.4 is 5.32 Å². The maximum absolute atomic E-state index is 12.7. The van der Waals surface area contributed by atoms with Gasteiger partial charge in [-0.2, -0.15) is 4.31 Å². The van der Waals surface area contributed by atoms with E-state index >= 15 is 0 Å². The summed E-state index contributed by atoms with van der Waals surface area (Å²) in [6.07, 6.45) is 0. The molecule has 2 aromatic rings. The van der Waals surface area contributed by atoms with Crippen LogP contribution in [-0.2, 0) is 16.6 Å². The first kappa shape index (κ1) is 20.1. The zero-order valence-corrected chi connectivity index (χ0v) is 17.6. The fraction of sp³-hybridized carbons (Fsp3) is 0.278. The Morgan fingerprint density at radius 1 is 1.07 bits per heavy atom. The lowest BCUT2D eigenvalue weighted by atomic mass is 10.2. The van der Waals surface area contributed by atoms with Crippen molar-refractivity contribution in [2.75, 3.05) is 26.2 Å². The van der Waals surface area contributed by atoms with Crippen LogP contribution in [0.2, 0.25) is 5.02 Å². The van der Waals surface area contributed by atoms with E-state index in [-0.39, 0.29) is 24.0 Å². The van der Waals surface area contributed by atoms with Gasteiger partial charge in [-0.25, -0.2) is 13.2 Å². The lowest BCUT2D eigenvalue weighted by Gasteiger charge is -2.34. The number of carbonyl (C=O) groups excluding carboxylic acids is 1. The number of rotatable bonds is 4. The highest BCUT2D eigenvalue weighted by Crippen LogP contribution is 2.20. The van der Waals surface area contributed by atoms with Crippen molar-refractivity contribution in [1.82, 2.24) is 14.5 Å². The Morgan fingerprint density at radius 2 is 1.74 bits per heavy atom. The smallest absolute Gasteiger partial charge is 0.317 e. The molecule has 1 N–H and O–H groups in total. The van der Waals surface area contributed by atoms with E-state index in [0.717, 1.165) is 10.0 Å². The molecule has 0 aromatic heterocycles. The van der Waals surface area contributed by atoms with E-state index in [9.17, 15) is 13.2 Å². The number of halogens is 2. The maximum Gasteiger partial charge on any atom is 0.317 e. The first-order valence-electron chi connectivity index (χ1n) is 8.39. The molecule has 0 radical (unpaired) electrons. The van der Waals surface area contributed by atoms with Gasteiger partial charge in [0.15, 0.2) is 0 Å². The number of hydrogen-bond donors (Lipinski definition) is 1. The van der Waals surface area contributed by atoms with Gasteiger partial charge in [-0.1, -0.05) is 39.7 Å². The molecule has 1 heterocycles. The lowest BCUT2D eigenvalue weighted by molar-refractivity contribution is 0.172. The standard InChI is InChI=1S/C18H19BrClN3O3S/c19-15-3-1-2-14(12-15)13-21-18(24)22-8-10-23(11-9-22)27(25,26)17-6-4-16(20)5-7-17/h1-7,12H,8-11,13H2,(H,21,24). The minimum absolute atomic E-state index is 0.196. The van der Waals surface area contributed by atoms with Gasteiger partial charge in [0.2, 0.25) is 10.0 Å². The highest BCUT2D eigenvalue weighted by Gasteiger charge is 2.30. The highest BCUT2D eigenvalue weighted by atomic mass is 79.9. The molecule has 0 bridgehead atoms. The summed E-state index contributed by atoms with van der Waals surface area (Å²) in [6, 6.07) is 13.6. The fourth-order valence-corrected chi connectivity index (χ4v) is 4.82. The average molecular weight is 473 g/mol. The number of sulfonamides is 1. The van der Waals surface area contributed by atoms with E-state index in [1.165, 1.54) is 16.4 Å². The van der Waals surface area contributed by atoms with Crippen molar-refractivity contribution in [2.24, 2.45) is 0 Å². The summed E-state index contributed by atoms with van der Waals surface area (Å²) >= 11 is 9.22. The fourth-order valence-electron chi connectivity index (χ4n) is 2.82. The molecule has 9 heteroatoms. The van der Waals surface area contributed by atoms with Crippen molar-refractivity contribution < 1.29 is 13.2 Å². The Labute approximate surface area is 172 Å². The van der Waals surface area contributed by atoms with Gasteiger partial charge < -0.3 is 10.2 Å². The monoisotopic (exact) mass is 471 g/mol. The van der Waals surface area contributed by atoms with Gasteiger partial charge in [0, 0.05) is 42.2 Å². The first-order valence-corrected chi connectivity index (χ1v) is 11.0. The SMILES string of the molecule is O=C(NCc1cccc(Br)c1)N1CCN(S(=O)(=O)c2ccc(Cl)cc2)CC1. The van der Waals surface area contributed by atoms with Crippen LogP contribution in [0.5, 0.6) is 0 Å². The number of amides is 2. The van der Waals surface area contributed by atoms with Crippen molar-refractivity contribution in [3.63, 3.8) is 0 Å². The lowest BCUT2D eigenvalue weighted by Crippen LogP contribution is -2.52. The highest BCUT2D eigenvalue weighted by molar-refractivity contribution is 9.10. The number of urea groups is 1. The summed E-state index contributed by atoms with van der Waals surface area (Å²) in [5, 5.41) is 3.36. The van der Waals surface area contributed by atoms with Crippen LogP contribution in [0.15, 0.2) is 57.9 Å². The van der Waals surface area contributed by atoms with Gasteiger partial charge >= 0.3 is 6.03 Å². The van der Waals surface area contributed by atoms with Crippen LogP contribution in [0.25, 0.3) is 0 Å². The second-order valence-electron chi connectivity index (χ2n) is 6.13.